The largest absolute Gasteiger partial charge is 0.462 e. The average Bonchev–Trinajstić information content (AvgIpc) is 2.51. The van der Waals surface area contributed by atoms with Gasteiger partial charge >= 0.3 is 5.97 Å². The number of carbonyl (C=O) groups is 1. The molecule has 0 bridgehead atoms. The van der Waals surface area contributed by atoms with E-state index >= 15 is 0 Å². The Hall–Kier alpha value is -2.05. The molecular formula is C20H26O3. The van der Waals surface area contributed by atoms with Crippen molar-refractivity contribution in [3.8, 4) is 11.8 Å². The highest BCUT2D eigenvalue weighted by atomic mass is 16.5. The number of carbonyl (C=O) groups excluding carboxylic acids is 1. The van der Waals surface area contributed by atoms with Crippen LogP contribution in [0.15, 0.2) is 42.0 Å². The van der Waals surface area contributed by atoms with Crippen LogP contribution in [0.2, 0.25) is 0 Å². The van der Waals surface area contributed by atoms with Crippen LogP contribution in [-0.4, -0.2) is 23.8 Å². The number of hydrogen-bond donors (Lipinski definition) is 1. The molecule has 0 aromatic heterocycles. The molecule has 0 aliphatic heterocycles. The van der Waals surface area contributed by atoms with Crippen molar-refractivity contribution in [2.45, 2.75) is 46.6 Å². The van der Waals surface area contributed by atoms with Crippen LogP contribution in [0.5, 0.6) is 0 Å². The molecule has 0 aliphatic carbocycles. The van der Waals surface area contributed by atoms with Gasteiger partial charge in [0.1, 0.15) is 6.61 Å². The Balaban J connectivity index is 2.54. The van der Waals surface area contributed by atoms with E-state index in [0.29, 0.717) is 6.42 Å². The molecule has 0 unspecified atom stereocenters. The van der Waals surface area contributed by atoms with Crippen molar-refractivity contribution < 1.29 is 14.6 Å². The lowest BCUT2D eigenvalue weighted by Gasteiger charge is -2.25. The Morgan fingerprint density at radius 2 is 1.96 bits per heavy atom. The summed E-state index contributed by atoms with van der Waals surface area (Å²) in [6, 6.07) is 9.76. The van der Waals surface area contributed by atoms with Crippen LogP contribution in [0.3, 0.4) is 0 Å². The smallest absolute Gasteiger partial charge is 0.302 e. The van der Waals surface area contributed by atoms with Gasteiger partial charge in [-0.1, -0.05) is 35.6 Å². The molecule has 0 radical (unpaired) electrons. The summed E-state index contributed by atoms with van der Waals surface area (Å²) in [6.45, 7) is 7.55. The van der Waals surface area contributed by atoms with Crippen molar-refractivity contribution in [3.63, 3.8) is 0 Å². The molecule has 124 valence electrons. The SMILES string of the molecule is CC(=O)OC/C=C(\C)CC[C@H](O)C(C)(C)C#Cc1ccccc1. The van der Waals surface area contributed by atoms with E-state index in [1.807, 2.05) is 57.2 Å². The van der Waals surface area contributed by atoms with Gasteiger partial charge in [-0.15, -0.1) is 0 Å². The Kier molecular flexibility index (Phi) is 7.57. The van der Waals surface area contributed by atoms with Gasteiger partial charge in [0.25, 0.3) is 0 Å². The Labute approximate surface area is 139 Å². The van der Waals surface area contributed by atoms with Crippen molar-refractivity contribution in [1.82, 2.24) is 0 Å². The average molecular weight is 314 g/mol. The normalized spacial score (nSPS) is 13.0. The quantitative estimate of drug-likeness (QED) is 0.494. The second-order valence-corrected chi connectivity index (χ2v) is 6.25. The van der Waals surface area contributed by atoms with E-state index in [4.69, 9.17) is 4.74 Å². The van der Waals surface area contributed by atoms with Gasteiger partial charge in [0.15, 0.2) is 0 Å². The Morgan fingerprint density at radius 1 is 1.30 bits per heavy atom. The molecule has 1 rings (SSSR count). The predicted octanol–water partition coefficient (Wildman–Crippen LogP) is 3.71. The molecule has 1 aromatic carbocycles. The van der Waals surface area contributed by atoms with Gasteiger partial charge in [0.2, 0.25) is 0 Å². The van der Waals surface area contributed by atoms with Crippen molar-refractivity contribution in [2.75, 3.05) is 6.61 Å². The Morgan fingerprint density at radius 3 is 2.57 bits per heavy atom. The first-order chi connectivity index (χ1) is 10.8. The molecule has 1 aromatic rings. The summed E-state index contributed by atoms with van der Waals surface area (Å²) in [4.78, 5) is 10.7. The standard InChI is InChI=1S/C20H26O3/c1-16(13-15-23-17(2)21)10-11-19(22)20(3,4)14-12-18-8-6-5-7-9-18/h5-9,13,19,22H,10-11,15H2,1-4H3/b16-13+/t19-/m0/s1. The van der Waals surface area contributed by atoms with Gasteiger partial charge < -0.3 is 9.84 Å². The van der Waals surface area contributed by atoms with Crippen LogP contribution in [-0.2, 0) is 9.53 Å². The van der Waals surface area contributed by atoms with Gasteiger partial charge in [0.05, 0.1) is 11.5 Å². The number of ether oxygens (including phenoxy) is 1. The lowest BCUT2D eigenvalue weighted by atomic mass is 9.84. The number of benzene rings is 1. The van der Waals surface area contributed by atoms with E-state index < -0.39 is 11.5 Å². The van der Waals surface area contributed by atoms with Gasteiger partial charge in [0, 0.05) is 12.5 Å². The number of allylic oxidation sites excluding steroid dienone is 1. The number of aliphatic hydroxyl groups is 1. The summed E-state index contributed by atoms with van der Waals surface area (Å²) in [5.74, 6) is 6.00. The molecular weight excluding hydrogens is 288 g/mol. The third-order valence-corrected chi connectivity index (χ3v) is 3.67. The van der Waals surface area contributed by atoms with Gasteiger partial charge in [-0.25, -0.2) is 0 Å². The van der Waals surface area contributed by atoms with E-state index in [1.165, 1.54) is 6.92 Å². The van der Waals surface area contributed by atoms with Crippen molar-refractivity contribution in [1.29, 1.82) is 0 Å². The van der Waals surface area contributed by atoms with Gasteiger partial charge in [-0.2, -0.15) is 0 Å². The molecule has 3 heteroatoms. The van der Waals surface area contributed by atoms with Crippen LogP contribution in [0.1, 0.15) is 46.1 Å². The first kappa shape index (κ1) is 19.0. The molecule has 0 spiro atoms. The van der Waals surface area contributed by atoms with E-state index in [0.717, 1.165) is 17.6 Å². The summed E-state index contributed by atoms with van der Waals surface area (Å²) in [6.07, 6.45) is 2.73. The molecule has 0 saturated heterocycles. The molecule has 0 heterocycles. The molecule has 1 N–H and O–H groups in total. The maximum atomic E-state index is 10.7. The minimum atomic E-state index is -0.518. The Bertz CT molecular complexity index is 588. The number of esters is 1. The fourth-order valence-electron chi connectivity index (χ4n) is 1.97. The summed E-state index contributed by atoms with van der Waals surface area (Å²) < 4.78 is 4.87. The fraction of sp³-hybridized carbons (Fsp3) is 0.450. The van der Waals surface area contributed by atoms with Crippen molar-refractivity contribution in [3.05, 3.63) is 47.5 Å². The number of rotatable bonds is 6. The highest BCUT2D eigenvalue weighted by Crippen LogP contribution is 2.24. The zero-order valence-electron chi connectivity index (χ0n) is 14.4. The minimum absolute atomic E-state index is 0.286. The zero-order chi connectivity index (χ0) is 17.3. The van der Waals surface area contributed by atoms with Crippen LogP contribution in [0.25, 0.3) is 0 Å². The van der Waals surface area contributed by atoms with E-state index in [2.05, 4.69) is 11.8 Å². The zero-order valence-corrected chi connectivity index (χ0v) is 14.4. The first-order valence-electron chi connectivity index (χ1n) is 7.86. The van der Waals surface area contributed by atoms with E-state index in [1.54, 1.807) is 0 Å². The van der Waals surface area contributed by atoms with Gasteiger partial charge in [-0.05, 0) is 51.8 Å². The molecule has 0 saturated carbocycles. The summed E-state index contributed by atoms with van der Waals surface area (Å²) in [7, 11) is 0. The first-order valence-corrected chi connectivity index (χ1v) is 7.86. The van der Waals surface area contributed by atoms with Crippen LogP contribution < -0.4 is 0 Å². The minimum Gasteiger partial charge on any atom is -0.462 e. The number of hydrogen-bond acceptors (Lipinski definition) is 3. The van der Waals surface area contributed by atoms with Gasteiger partial charge in [-0.3, -0.25) is 4.79 Å². The van der Waals surface area contributed by atoms with Crippen LogP contribution in [0.4, 0.5) is 0 Å². The van der Waals surface area contributed by atoms with E-state index in [-0.39, 0.29) is 12.6 Å². The maximum absolute atomic E-state index is 10.7. The summed E-state index contributed by atoms with van der Waals surface area (Å²) in [5, 5.41) is 10.4. The topological polar surface area (TPSA) is 46.5 Å². The molecule has 0 fully saturated rings. The molecule has 23 heavy (non-hydrogen) atoms. The monoisotopic (exact) mass is 314 g/mol. The van der Waals surface area contributed by atoms with Crippen LogP contribution >= 0.6 is 0 Å². The lowest BCUT2D eigenvalue weighted by Crippen LogP contribution is -2.27. The van der Waals surface area contributed by atoms with Crippen molar-refractivity contribution >= 4 is 5.97 Å². The van der Waals surface area contributed by atoms with Crippen molar-refractivity contribution in [2.24, 2.45) is 5.41 Å². The second-order valence-electron chi connectivity index (χ2n) is 6.25. The molecule has 3 nitrogen and oxygen atoms in total. The maximum Gasteiger partial charge on any atom is 0.302 e. The molecule has 1 atom stereocenters. The molecule has 0 amide bonds. The second kappa shape index (κ2) is 9.17. The number of aliphatic hydroxyl groups excluding tert-OH is 1. The molecule has 0 aliphatic rings. The summed E-state index contributed by atoms with van der Waals surface area (Å²) in [5.41, 5.74) is 1.56. The fourth-order valence-corrected chi connectivity index (χ4v) is 1.97. The van der Waals surface area contributed by atoms with E-state index in [9.17, 15) is 9.90 Å². The lowest BCUT2D eigenvalue weighted by molar-refractivity contribution is -0.139. The highest BCUT2D eigenvalue weighted by Gasteiger charge is 2.25. The third-order valence-electron chi connectivity index (χ3n) is 3.67. The summed E-state index contributed by atoms with van der Waals surface area (Å²) >= 11 is 0. The van der Waals surface area contributed by atoms with Crippen LogP contribution in [0, 0.1) is 17.3 Å². The predicted molar refractivity (Wildman–Crippen MR) is 92.7 cm³/mol. The highest BCUT2D eigenvalue weighted by molar-refractivity contribution is 5.66. The third kappa shape index (κ3) is 7.67.